The first kappa shape index (κ1) is 22.8. The number of sulfonamides is 1. The molecule has 0 aliphatic carbocycles. The van der Waals surface area contributed by atoms with Crippen molar-refractivity contribution in [3.8, 4) is 0 Å². The highest BCUT2D eigenvalue weighted by Gasteiger charge is 2.31. The normalized spacial score (nSPS) is 20.7. The van der Waals surface area contributed by atoms with Crippen LogP contribution in [0.1, 0.15) is 37.6 Å². The van der Waals surface area contributed by atoms with Gasteiger partial charge in [0.25, 0.3) is 5.91 Å². The van der Waals surface area contributed by atoms with Gasteiger partial charge >= 0.3 is 0 Å². The molecule has 9 heteroatoms. The molecule has 3 aromatic rings. The van der Waals surface area contributed by atoms with E-state index in [0.717, 1.165) is 11.9 Å². The van der Waals surface area contributed by atoms with E-state index in [1.54, 1.807) is 6.07 Å². The van der Waals surface area contributed by atoms with Crippen molar-refractivity contribution in [2.45, 2.75) is 38.6 Å². The number of hydrogen-bond donors (Lipinski definition) is 0. The summed E-state index contributed by atoms with van der Waals surface area (Å²) in [6, 6.07) is 10.4. The minimum atomic E-state index is -3.61. The summed E-state index contributed by atoms with van der Waals surface area (Å²) in [5, 5.41) is 0. The van der Waals surface area contributed by atoms with Gasteiger partial charge in [-0.15, -0.1) is 0 Å². The molecule has 0 N–H and O–H groups in total. The molecule has 4 rings (SSSR count). The fourth-order valence-corrected chi connectivity index (χ4v) is 7.11. The third-order valence-corrected chi connectivity index (χ3v) is 8.62. The number of aromatic nitrogens is 1. The van der Waals surface area contributed by atoms with Gasteiger partial charge in [-0.1, -0.05) is 25.2 Å². The highest BCUT2D eigenvalue weighted by atomic mass is 32.2. The minimum absolute atomic E-state index is 0.177. The smallest absolute Gasteiger partial charge is 0.279 e. The van der Waals surface area contributed by atoms with Gasteiger partial charge in [0, 0.05) is 25.2 Å². The Morgan fingerprint density at radius 3 is 2.41 bits per heavy atom. The van der Waals surface area contributed by atoms with Gasteiger partial charge in [0.05, 0.1) is 15.1 Å². The number of rotatable bonds is 4. The number of amides is 1. The number of carbonyl (C=O) groups is 1. The molecular formula is C23H26FN3O3S2. The third kappa shape index (κ3) is 4.42. The van der Waals surface area contributed by atoms with Gasteiger partial charge in [-0.05, 0) is 67.6 Å². The lowest BCUT2D eigenvalue weighted by atomic mass is 9.94. The number of thiazole rings is 1. The SMILES string of the molecule is CCn1c(=NC(=O)c2ccc(S(=O)(=O)N3C[C@H](C)C[C@H](C)C3)cc2)sc2cc(F)ccc21. The van der Waals surface area contributed by atoms with E-state index < -0.39 is 15.9 Å². The highest BCUT2D eigenvalue weighted by molar-refractivity contribution is 7.89. The van der Waals surface area contributed by atoms with Crippen LogP contribution in [0.4, 0.5) is 4.39 Å². The molecule has 0 radical (unpaired) electrons. The Kier molecular flexibility index (Phi) is 6.33. The Morgan fingerprint density at radius 2 is 1.78 bits per heavy atom. The zero-order valence-corrected chi connectivity index (χ0v) is 19.9. The van der Waals surface area contributed by atoms with Crippen molar-refractivity contribution < 1.29 is 17.6 Å². The number of nitrogens with zero attached hydrogens (tertiary/aromatic N) is 3. The molecule has 0 saturated carbocycles. The molecule has 32 heavy (non-hydrogen) atoms. The van der Waals surface area contributed by atoms with Crippen LogP contribution in [0, 0.1) is 17.7 Å². The van der Waals surface area contributed by atoms with E-state index in [1.165, 1.54) is 52.0 Å². The second kappa shape index (κ2) is 8.88. The second-order valence-electron chi connectivity index (χ2n) is 8.45. The van der Waals surface area contributed by atoms with E-state index in [4.69, 9.17) is 0 Å². The zero-order valence-electron chi connectivity index (χ0n) is 18.3. The van der Waals surface area contributed by atoms with E-state index in [9.17, 15) is 17.6 Å². The predicted molar refractivity (Wildman–Crippen MR) is 123 cm³/mol. The maximum Gasteiger partial charge on any atom is 0.279 e. The number of fused-ring (bicyclic) bond motifs is 1. The largest absolute Gasteiger partial charge is 0.317 e. The van der Waals surface area contributed by atoms with E-state index in [-0.39, 0.29) is 10.7 Å². The number of hydrogen-bond acceptors (Lipinski definition) is 4. The zero-order chi connectivity index (χ0) is 23.0. The quantitative estimate of drug-likeness (QED) is 0.566. The van der Waals surface area contributed by atoms with Gasteiger partial charge < -0.3 is 4.57 Å². The summed E-state index contributed by atoms with van der Waals surface area (Å²) < 4.78 is 43.8. The van der Waals surface area contributed by atoms with Gasteiger partial charge in [0.2, 0.25) is 10.0 Å². The minimum Gasteiger partial charge on any atom is -0.317 e. The Labute approximate surface area is 191 Å². The Balaban J connectivity index is 1.62. The number of aryl methyl sites for hydroxylation is 1. The van der Waals surface area contributed by atoms with Crippen LogP contribution in [0.5, 0.6) is 0 Å². The Bertz CT molecular complexity index is 1320. The summed E-state index contributed by atoms with van der Waals surface area (Å²) in [6.07, 6.45) is 1.02. The van der Waals surface area contributed by atoms with Crippen molar-refractivity contribution in [2.75, 3.05) is 13.1 Å². The molecule has 170 valence electrons. The maximum atomic E-state index is 13.6. The molecule has 0 bridgehead atoms. The van der Waals surface area contributed by atoms with Crippen molar-refractivity contribution in [3.63, 3.8) is 0 Å². The topological polar surface area (TPSA) is 71.7 Å². The van der Waals surface area contributed by atoms with E-state index in [0.29, 0.717) is 46.5 Å². The van der Waals surface area contributed by atoms with Crippen molar-refractivity contribution in [3.05, 3.63) is 58.6 Å². The monoisotopic (exact) mass is 475 g/mol. The number of piperidine rings is 1. The van der Waals surface area contributed by atoms with Crippen molar-refractivity contribution in [1.82, 2.24) is 8.87 Å². The molecule has 1 amide bonds. The summed E-state index contributed by atoms with van der Waals surface area (Å²) in [6.45, 7) is 7.65. The summed E-state index contributed by atoms with van der Waals surface area (Å²) in [4.78, 5) is 17.7. The standard InChI is InChI=1S/C23H26FN3O3S2/c1-4-27-20-10-7-18(24)12-21(20)31-23(27)25-22(28)17-5-8-19(9-6-17)32(29,30)26-13-15(2)11-16(3)14-26/h5-10,12,15-16H,4,11,13-14H2,1-3H3/t15-,16+. The fraction of sp³-hybridized carbons (Fsp3) is 0.391. The molecule has 2 heterocycles. The molecule has 6 nitrogen and oxygen atoms in total. The number of halogens is 1. The summed E-state index contributed by atoms with van der Waals surface area (Å²) >= 11 is 1.25. The van der Waals surface area contributed by atoms with Crippen molar-refractivity contribution in [1.29, 1.82) is 0 Å². The first-order valence-corrected chi connectivity index (χ1v) is 12.9. The van der Waals surface area contributed by atoms with Crippen LogP contribution in [0.15, 0.2) is 52.4 Å². The fourth-order valence-electron chi connectivity index (χ4n) is 4.31. The van der Waals surface area contributed by atoms with E-state index in [2.05, 4.69) is 18.8 Å². The van der Waals surface area contributed by atoms with Crippen LogP contribution in [-0.4, -0.2) is 36.3 Å². The van der Waals surface area contributed by atoms with Crippen LogP contribution in [0.3, 0.4) is 0 Å². The van der Waals surface area contributed by atoms with Crippen LogP contribution >= 0.6 is 11.3 Å². The Morgan fingerprint density at radius 1 is 1.12 bits per heavy atom. The molecule has 2 atom stereocenters. The first-order valence-electron chi connectivity index (χ1n) is 10.7. The molecular weight excluding hydrogens is 449 g/mol. The van der Waals surface area contributed by atoms with Gasteiger partial charge in [-0.3, -0.25) is 4.79 Å². The predicted octanol–water partition coefficient (Wildman–Crippen LogP) is 4.27. The summed E-state index contributed by atoms with van der Waals surface area (Å²) in [7, 11) is -3.61. The van der Waals surface area contributed by atoms with Crippen molar-refractivity contribution >= 4 is 37.5 Å². The van der Waals surface area contributed by atoms with Gasteiger partial charge in [0.1, 0.15) is 5.82 Å². The van der Waals surface area contributed by atoms with Crippen LogP contribution in [0.25, 0.3) is 10.2 Å². The molecule has 1 aliphatic rings. The van der Waals surface area contributed by atoms with Crippen molar-refractivity contribution in [2.24, 2.45) is 16.8 Å². The molecule has 2 aromatic carbocycles. The van der Waals surface area contributed by atoms with Gasteiger partial charge in [-0.2, -0.15) is 9.30 Å². The molecule has 1 fully saturated rings. The number of benzene rings is 2. The molecule has 0 spiro atoms. The second-order valence-corrected chi connectivity index (χ2v) is 11.4. The average Bonchev–Trinajstić information content (AvgIpc) is 3.08. The molecule has 1 aromatic heterocycles. The van der Waals surface area contributed by atoms with Gasteiger partial charge in [-0.25, -0.2) is 12.8 Å². The number of carbonyl (C=O) groups excluding carboxylic acids is 1. The van der Waals surface area contributed by atoms with E-state index in [1.807, 2.05) is 11.5 Å². The molecule has 0 unspecified atom stereocenters. The lowest BCUT2D eigenvalue weighted by Crippen LogP contribution is -2.42. The van der Waals surface area contributed by atoms with Crippen LogP contribution in [-0.2, 0) is 16.6 Å². The third-order valence-electron chi connectivity index (χ3n) is 5.73. The lowest BCUT2D eigenvalue weighted by Gasteiger charge is -2.34. The average molecular weight is 476 g/mol. The maximum absolute atomic E-state index is 13.6. The summed E-state index contributed by atoms with van der Waals surface area (Å²) in [5.74, 6) is -0.181. The van der Waals surface area contributed by atoms with Gasteiger partial charge in [0.15, 0.2) is 4.80 Å². The lowest BCUT2D eigenvalue weighted by molar-refractivity contribution is 0.0997. The van der Waals surface area contributed by atoms with Crippen LogP contribution in [0.2, 0.25) is 0 Å². The molecule has 1 aliphatic heterocycles. The first-order chi connectivity index (χ1) is 15.2. The molecule has 1 saturated heterocycles. The summed E-state index contributed by atoms with van der Waals surface area (Å²) in [5.41, 5.74) is 1.12. The highest BCUT2D eigenvalue weighted by Crippen LogP contribution is 2.27. The van der Waals surface area contributed by atoms with Crippen LogP contribution < -0.4 is 4.80 Å². The van der Waals surface area contributed by atoms with E-state index >= 15 is 0 Å². The Hall–Kier alpha value is -2.36.